The van der Waals surface area contributed by atoms with E-state index in [9.17, 15) is 23.1 Å². The van der Waals surface area contributed by atoms with Crippen molar-refractivity contribution in [1.82, 2.24) is 4.57 Å². The van der Waals surface area contributed by atoms with Crippen LogP contribution in [0.4, 0.5) is 13.2 Å². The van der Waals surface area contributed by atoms with E-state index in [1.165, 1.54) is 24.3 Å². The molecule has 0 atom stereocenters. The fourth-order valence-electron chi connectivity index (χ4n) is 1.80. The number of alkyl halides is 3. The van der Waals surface area contributed by atoms with Gasteiger partial charge in [-0.25, -0.2) is 0 Å². The maximum atomic E-state index is 12.4. The van der Waals surface area contributed by atoms with E-state index in [-0.39, 0.29) is 10.9 Å². The average molecular weight is 277 g/mol. The average Bonchev–Trinajstić information content (AvgIpc) is 2.50. The van der Waals surface area contributed by atoms with Crippen LogP contribution in [-0.4, -0.2) is 16.7 Å². The number of fused-ring (bicyclic) bond motifs is 1. The van der Waals surface area contributed by atoms with Crippen LogP contribution in [0.25, 0.3) is 10.9 Å². The van der Waals surface area contributed by atoms with Crippen LogP contribution in [0.3, 0.4) is 0 Å². The minimum absolute atomic E-state index is 0.110. The Labute approximate surface area is 104 Å². The van der Waals surface area contributed by atoms with Gasteiger partial charge in [-0.3, -0.25) is 0 Å². The molecule has 0 radical (unpaired) electrons. The number of carbonyl (C=O) groups excluding carboxylic acids is 1. The molecule has 0 aliphatic carbocycles. The summed E-state index contributed by atoms with van der Waals surface area (Å²) in [6.07, 6.45) is -4.49. The smallest absolute Gasteiger partial charge is 0.406 e. The van der Waals surface area contributed by atoms with Crippen LogP contribution in [0.15, 0.2) is 24.3 Å². The SMILES string of the molecule is O=C([O-])c1c(Cl)n(CC(F)(F)F)c2ccccc12. The first-order chi connectivity index (χ1) is 8.31. The molecule has 0 saturated carbocycles. The van der Waals surface area contributed by atoms with Crippen LogP contribution in [0.2, 0.25) is 5.15 Å². The molecule has 18 heavy (non-hydrogen) atoms. The van der Waals surface area contributed by atoms with Gasteiger partial charge in [-0.05, 0) is 6.07 Å². The van der Waals surface area contributed by atoms with Crippen molar-refractivity contribution in [2.45, 2.75) is 12.7 Å². The molecule has 7 heteroatoms. The number of carboxylic acid groups (broad SMARTS) is 1. The van der Waals surface area contributed by atoms with Crippen molar-refractivity contribution >= 4 is 28.5 Å². The summed E-state index contributed by atoms with van der Waals surface area (Å²) in [5.41, 5.74) is -0.310. The zero-order valence-corrected chi connectivity index (χ0v) is 9.55. The van der Waals surface area contributed by atoms with E-state index in [0.717, 1.165) is 0 Å². The number of benzene rings is 1. The standard InChI is InChI=1S/C11H7ClF3NO2/c12-9-8(10(17)18)6-3-1-2-4-7(6)16(9)5-11(13,14)15/h1-4H,5H2,(H,17,18)/p-1. The number of hydrogen-bond donors (Lipinski definition) is 0. The third kappa shape index (κ3) is 2.15. The molecule has 0 aliphatic rings. The monoisotopic (exact) mass is 276 g/mol. The number of aromatic nitrogens is 1. The normalized spacial score (nSPS) is 12.0. The summed E-state index contributed by atoms with van der Waals surface area (Å²) < 4.78 is 38.0. The lowest BCUT2D eigenvalue weighted by atomic mass is 10.2. The zero-order valence-electron chi connectivity index (χ0n) is 8.79. The van der Waals surface area contributed by atoms with Crippen molar-refractivity contribution in [3.05, 3.63) is 35.0 Å². The summed E-state index contributed by atoms with van der Waals surface area (Å²) >= 11 is 5.70. The van der Waals surface area contributed by atoms with Crippen molar-refractivity contribution in [2.75, 3.05) is 0 Å². The number of hydrogen-bond acceptors (Lipinski definition) is 2. The molecule has 96 valence electrons. The highest BCUT2D eigenvalue weighted by molar-refractivity contribution is 6.35. The van der Waals surface area contributed by atoms with Crippen molar-refractivity contribution in [3.63, 3.8) is 0 Å². The van der Waals surface area contributed by atoms with E-state index in [0.29, 0.717) is 4.57 Å². The summed E-state index contributed by atoms with van der Waals surface area (Å²) in [5.74, 6) is -1.60. The van der Waals surface area contributed by atoms with Gasteiger partial charge in [0.1, 0.15) is 11.7 Å². The van der Waals surface area contributed by atoms with Crippen LogP contribution in [0, 0.1) is 0 Å². The topological polar surface area (TPSA) is 45.1 Å². The third-order valence-electron chi connectivity index (χ3n) is 2.45. The van der Waals surface area contributed by atoms with Crippen LogP contribution in [0.1, 0.15) is 10.4 Å². The lowest BCUT2D eigenvalue weighted by Crippen LogP contribution is -2.23. The van der Waals surface area contributed by atoms with Gasteiger partial charge in [-0.1, -0.05) is 29.8 Å². The summed E-state index contributed by atoms with van der Waals surface area (Å²) in [6.45, 7) is -1.35. The van der Waals surface area contributed by atoms with Gasteiger partial charge in [-0.2, -0.15) is 13.2 Å². The molecule has 2 aromatic rings. The van der Waals surface area contributed by atoms with E-state index in [4.69, 9.17) is 11.6 Å². The first kappa shape index (κ1) is 12.8. The number of carbonyl (C=O) groups is 1. The lowest BCUT2D eigenvalue weighted by Gasteiger charge is -2.10. The molecule has 0 spiro atoms. The number of carboxylic acids is 1. The molecular formula is C11H6ClF3NO2-. The van der Waals surface area contributed by atoms with Gasteiger partial charge in [0.25, 0.3) is 0 Å². The Bertz CT molecular complexity index is 619. The summed E-state index contributed by atoms with van der Waals surface area (Å²) in [6, 6.07) is 5.78. The van der Waals surface area contributed by atoms with Crippen LogP contribution < -0.4 is 5.11 Å². The Balaban J connectivity index is 2.73. The highest BCUT2D eigenvalue weighted by Crippen LogP contribution is 2.32. The maximum Gasteiger partial charge on any atom is 0.406 e. The minimum atomic E-state index is -4.49. The molecule has 1 aromatic heterocycles. The van der Waals surface area contributed by atoms with Crippen molar-refractivity contribution in [3.8, 4) is 0 Å². The van der Waals surface area contributed by atoms with Gasteiger partial charge in [0.05, 0.1) is 11.5 Å². The van der Waals surface area contributed by atoms with E-state index in [1.54, 1.807) is 0 Å². The van der Waals surface area contributed by atoms with Crippen LogP contribution in [-0.2, 0) is 6.54 Å². The molecule has 2 rings (SSSR count). The fourth-order valence-corrected chi connectivity index (χ4v) is 2.13. The second-order valence-electron chi connectivity index (χ2n) is 3.67. The first-order valence-corrected chi connectivity index (χ1v) is 5.24. The second kappa shape index (κ2) is 4.20. The van der Waals surface area contributed by atoms with Gasteiger partial charge < -0.3 is 14.5 Å². The van der Waals surface area contributed by atoms with E-state index in [2.05, 4.69) is 0 Å². The first-order valence-electron chi connectivity index (χ1n) is 4.86. The number of halogens is 4. The predicted molar refractivity (Wildman–Crippen MR) is 57.3 cm³/mol. The number of rotatable bonds is 2. The fraction of sp³-hybridized carbons (Fsp3) is 0.182. The number of nitrogens with zero attached hydrogens (tertiary/aromatic N) is 1. The van der Waals surface area contributed by atoms with Gasteiger partial charge in [0.15, 0.2) is 0 Å². The lowest BCUT2D eigenvalue weighted by molar-refractivity contribution is -0.254. The third-order valence-corrected chi connectivity index (χ3v) is 2.84. The van der Waals surface area contributed by atoms with E-state index >= 15 is 0 Å². The molecule has 0 fully saturated rings. The zero-order chi connectivity index (χ0) is 13.5. The molecule has 0 aliphatic heterocycles. The molecule has 0 amide bonds. The molecule has 0 saturated heterocycles. The summed E-state index contributed by atoms with van der Waals surface area (Å²) in [7, 11) is 0. The van der Waals surface area contributed by atoms with Crippen molar-refractivity contribution in [2.24, 2.45) is 0 Å². The molecule has 1 heterocycles. The Morgan fingerprint density at radius 1 is 1.33 bits per heavy atom. The predicted octanol–water partition coefficient (Wildman–Crippen LogP) is 2.22. The van der Waals surface area contributed by atoms with Crippen LogP contribution in [0.5, 0.6) is 0 Å². The second-order valence-corrected chi connectivity index (χ2v) is 4.03. The highest BCUT2D eigenvalue weighted by atomic mass is 35.5. The van der Waals surface area contributed by atoms with Crippen molar-refractivity contribution in [1.29, 1.82) is 0 Å². The number of para-hydroxylation sites is 1. The van der Waals surface area contributed by atoms with Crippen LogP contribution >= 0.6 is 11.6 Å². The quantitative estimate of drug-likeness (QED) is 0.844. The van der Waals surface area contributed by atoms with E-state index < -0.39 is 29.4 Å². The van der Waals surface area contributed by atoms with Crippen molar-refractivity contribution < 1.29 is 23.1 Å². The molecular weight excluding hydrogens is 271 g/mol. The minimum Gasteiger partial charge on any atom is -0.545 e. The molecule has 0 bridgehead atoms. The number of aromatic carboxylic acids is 1. The van der Waals surface area contributed by atoms with Gasteiger partial charge in [0, 0.05) is 10.9 Å². The molecule has 0 unspecified atom stereocenters. The molecule has 0 N–H and O–H groups in total. The highest BCUT2D eigenvalue weighted by Gasteiger charge is 2.30. The molecule has 3 nitrogen and oxygen atoms in total. The Morgan fingerprint density at radius 2 is 1.94 bits per heavy atom. The van der Waals surface area contributed by atoms with E-state index in [1.807, 2.05) is 0 Å². The maximum absolute atomic E-state index is 12.4. The van der Waals surface area contributed by atoms with Gasteiger partial charge in [0.2, 0.25) is 0 Å². The largest absolute Gasteiger partial charge is 0.545 e. The van der Waals surface area contributed by atoms with Gasteiger partial charge >= 0.3 is 6.18 Å². The summed E-state index contributed by atoms with van der Waals surface area (Å²) in [4.78, 5) is 10.9. The van der Waals surface area contributed by atoms with Gasteiger partial charge in [-0.15, -0.1) is 0 Å². The molecule has 1 aromatic carbocycles. The summed E-state index contributed by atoms with van der Waals surface area (Å²) in [5, 5.41) is 10.6. The Hall–Kier alpha value is -1.69. The Kier molecular flexibility index (Phi) is 2.98. The Morgan fingerprint density at radius 3 is 2.50 bits per heavy atom.